The van der Waals surface area contributed by atoms with Crippen LogP contribution in [-0.2, 0) is 33.6 Å². The molecule has 2 atom stereocenters. The number of esters is 1. The van der Waals surface area contributed by atoms with Crippen LogP contribution in [0.2, 0.25) is 13.3 Å². The number of benzene rings is 3. The van der Waals surface area contributed by atoms with Crippen LogP contribution in [0.4, 0.5) is 17.6 Å². The summed E-state index contributed by atoms with van der Waals surface area (Å²) >= 11 is -2.78. The van der Waals surface area contributed by atoms with E-state index in [1.807, 2.05) is 12.1 Å². The van der Waals surface area contributed by atoms with Crippen molar-refractivity contribution >= 4 is 81.3 Å². The van der Waals surface area contributed by atoms with Crippen molar-refractivity contribution in [3.8, 4) is 5.75 Å². The van der Waals surface area contributed by atoms with Crippen LogP contribution in [0, 0.1) is 23.3 Å². The summed E-state index contributed by atoms with van der Waals surface area (Å²) in [6.45, 7) is 8.55. The number of hydrogen-bond acceptors (Lipinski definition) is 11. The number of ether oxygens (including phenoxy) is 1. The number of carbonyl (C=O) groups is 10. The minimum atomic E-state index is -2.78. The average molecular weight is 1230 g/mol. The third-order valence-corrected chi connectivity index (χ3v) is 27.6. The van der Waals surface area contributed by atoms with E-state index in [0.717, 1.165) is 37.5 Å². The molecule has 0 saturated heterocycles. The average Bonchev–Trinajstić information content (AvgIpc) is 3.46. The minimum absolute atomic E-state index is 0.00283. The fourth-order valence-electron chi connectivity index (χ4n) is 7.54. The first kappa shape index (κ1) is 69.9. The molecule has 20 nitrogen and oxygen atoms in total. The Morgan fingerprint density at radius 3 is 1.51 bits per heavy atom. The monoisotopic (exact) mass is 1230 g/mol. The second-order valence-corrected chi connectivity index (χ2v) is 31.3. The number of aliphatic carboxylic acids is 4. The molecule has 436 valence electrons. The molecule has 25 heteroatoms. The van der Waals surface area contributed by atoms with Crippen molar-refractivity contribution in [1.29, 1.82) is 0 Å². The van der Waals surface area contributed by atoms with E-state index in [1.165, 1.54) is 42.2 Å². The molecule has 0 heterocycles. The molecule has 0 aliphatic carbocycles. The number of halogens is 4. The van der Waals surface area contributed by atoms with Gasteiger partial charge in [-0.2, -0.15) is 8.78 Å². The molecule has 0 aliphatic heterocycles. The summed E-state index contributed by atoms with van der Waals surface area (Å²) < 4.78 is 64.8. The van der Waals surface area contributed by atoms with Gasteiger partial charge >= 0.3 is 223 Å². The van der Waals surface area contributed by atoms with E-state index in [-0.39, 0.29) is 43.3 Å². The fraction of sp³-hybridized carbons (Fsp3) is 0.481. The van der Waals surface area contributed by atoms with Gasteiger partial charge in [0.1, 0.15) is 6.04 Å². The Morgan fingerprint density at radius 1 is 0.544 bits per heavy atom. The normalized spacial score (nSPS) is 11.4. The predicted molar refractivity (Wildman–Crippen MR) is 284 cm³/mol. The Bertz CT molecular complexity index is 2490. The summed E-state index contributed by atoms with van der Waals surface area (Å²) in [5.74, 6) is -19.0. The molecule has 0 spiro atoms. The van der Waals surface area contributed by atoms with Crippen LogP contribution in [0.3, 0.4) is 0 Å². The van der Waals surface area contributed by atoms with Crippen molar-refractivity contribution in [3.05, 3.63) is 94.6 Å². The molecular formula is C54H73F4N5O15Sn. The molecule has 0 aromatic heterocycles. The van der Waals surface area contributed by atoms with E-state index in [2.05, 4.69) is 64.2 Å². The van der Waals surface area contributed by atoms with Crippen LogP contribution in [-0.4, -0.2) is 130 Å². The number of nitrogens with one attached hydrogen (secondary N) is 5. The van der Waals surface area contributed by atoms with Gasteiger partial charge in [0.15, 0.2) is 11.6 Å². The summed E-state index contributed by atoms with van der Waals surface area (Å²) in [4.78, 5) is 119. The van der Waals surface area contributed by atoms with E-state index < -0.39 is 144 Å². The maximum absolute atomic E-state index is 14.0. The maximum atomic E-state index is 14.0. The summed E-state index contributed by atoms with van der Waals surface area (Å²) in [5.41, 5.74) is -0.173. The fourth-order valence-corrected chi connectivity index (χ4v) is 23.6. The summed E-state index contributed by atoms with van der Waals surface area (Å²) in [7, 11) is 0. The molecule has 3 aromatic carbocycles. The Kier molecular flexibility index (Phi) is 33.3. The number of unbranched alkanes of at least 4 members (excludes halogenated alkanes) is 4. The first-order chi connectivity index (χ1) is 37.4. The van der Waals surface area contributed by atoms with Crippen molar-refractivity contribution in [2.24, 2.45) is 0 Å². The van der Waals surface area contributed by atoms with Crippen molar-refractivity contribution in [3.63, 3.8) is 0 Å². The molecule has 2 unspecified atom stereocenters. The molecule has 3 rings (SSSR count). The second-order valence-electron chi connectivity index (χ2n) is 18.1. The Labute approximate surface area is 460 Å². The number of carbonyl (C=O) groups excluding carboxylic acids is 6. The van der Waals surface area contributed by atoms with Gasteiger partial charge in [0.25, 0.3) is 5.91 Å². The molecule has 0 bridgehead atoms. The Hall–Kier alpha value is -7.12. The zero-order chi connectivity index (χ0) is 59.7. The molecule has 0 aliphatic rings. The first-order valence-electron chi connectivity index (χ1n) is 26.0. The third-order valence-electron chi connectivity index (χ3n) is 12.0. The molecule has 5 amide bonds. The summed E-state index contributed by atoms with van der Waals surface area (Å²) in [5, 5.41) is 46.3. The van der Waals surface area contributed by atoms with Crippen LogP contribution in [0.1, 0.15) is 149 Å². The number of carboxylic acids is 4. The third kappa shape index (κ3) is 26.4. The van der Waals surface area contributed by atoms with Crippen LogP contribution in [0.5, 0.6) is 5.75 Å². The van der Waals surface area contributed by atoms with Crippen LogP contribution in [0.25, 0.3) is 0 Å². The summed E-state index contributed by atoms with van der Waals surface area (Å²) in [6.07, 6.45) is 7.06. The number of amides is 5. The van der Waals surface area contributed by atoms with Gasteiger partial charge in [-0.25, -0.2) is 13.6 Å². The van der Waals surface area contributed by atoms with Gasteiger partial charge in [-0.3, -0.25) is 33.6 Å². The van der Waals surface area contributed by atoms with Gasteiger partial charge in [0.2, 0.25) is 29.2 Å². The van der Waals surface area contributed by atoms with Gasteiger partial charge in [0, 0.05) is 30.9 Å². The van der Waals surface area contributed by atoms with E-state index in [0.29, 0.717) is 18.4 Å². The zero-order valence-corrected chi connectivity index (χ0v) is 47.9. The molecule has 79 heavy (non-hydrogen) atoms. The quantitative estimate of drug-likeness (QED) is 0.00771. The number of rotatable bonds is 32. The van der Waals surface area contributed by atoms with E-state index in [4.69, 9.17) is 10.2 Å². The molecule has 3 aromatic rings. The number of carboxylic acid groups (broad SMARTS) is 4. The molecule has 0 saturated carbocycles. The second kappa shape index (κ2) is 37.6. The van der Waals surface area contributed by atoms with Crippen LogP contribution < -0.4 is 34.9 Å². The zero-order valence-electron chi connectivity index (χ0n) is 45.1. The van der Waals surface area contributed by atoms with E-state index in [9.17, 15) is 75.7 Å². The molecule has 9 N–H and O–H groups in total. The van der Waals surface area contributed by atoms with Crippen molar-refractivity contribution in [1.82, 2.24) is 26.6 Å². The molecular weight excluding hydrogens is 1150 g/mol. The first-order valence-corrected chi connectivity index (χ1v) is 33.4. The Morgan fingerprint density at radius 2 is 1.01 bits per heavy atom. The van der Waals surface area contributed by atoms with Crippen LogP contribution in [0.15, 0.2) is 54.6 Å². The van der Waals surface area contributed by atoms with Gasteiger partial charge in [-0.05, 0) is 24.6 Å². The summed E-state index contributed by atoms with van der Waals surface area (Å²) in [6, 6.07) is 9.35. The predicted octanol–water partition coefficient (Wildman–Crippen LogP) is 6.85. The SMILES string of the molecule is CCC(=O)O.CCC(=O)O.CCC[CH2][Sn]([CH2]CCC)([CH2]CCC)[c]1cccc(C(=O)NCCCCC(NC(=O)CNC(=O)C(CCC(=O)O)NC(=O)CNC(=O)c2cccc(C(=O)Oc3c(F)c(F)cc(F)c3F)c2)C(=O)O)c1. The number of hydrogen-bond donors (Lipinski definition) is 9. The van der Waals surface area contributed by atoms with Gasteiger partial charge in [0.05, 0.1) is 18.7 Å². The van der Waals surface area contributed by atoms with Crippen molar-refractivity contribution in [2.45, 2.75) is 143 Å². The molecule has 0 fully saturated rings. The topological polar surface area (TPSA) is 321 Å². The molecule has 0 radical (unpaired) electrons. The van der Waals surface area contributed by atoms with E-state index in [1.54, 1.807) is 13.8 Å². The van der Waals surface area contributed by atoms with E-state index >= 15 is 0 Å². The Balaban J connectivity index is 0.00000285. The van der Waals surface area contributed by atoms with Gasteiger partial charge in [-0.1, -0.05) is 19.9 Å². The van der Waals surface area contributed by atoms with Gasteiger partial charge < -0.3 is 36.0 Å². The standard InChI is InChI=1S/C36H34F4N5O11.3C4H9.2C3H6O2.Sn/c37-22-16-23(38)30(40)31(29(22)39)56-36(55)21-10-6-9-20(15-21)33(51)42-17-26(46)44-24(12-13-28(48)49)34(52)43-18-27(47)45-25(35(53)54)11-4-5-14-41-32(50)19-7-2-1-3-8-19;3*1-3-4-2;2*1-2-3(4)5;/h1-2,6-10,15-16,24-25H,4-5,11-14,17-18H2,(H,41,50)(H,42,51)(H,43,52)(H,44,46)(H,45,47)(H,48,49)(H,53,54);3*1,3-4H2,2H3;2*2H2,1H3,(H,4,5);. The van der Waals surface area contributed by atoms with Gasteiger partial charge in [-0.15, -0.1) is 0 Å². The van der Waals surface area contributed by atoms with Crippen LogP contribution >= 0.6 is 0 Å². The van der Waals surface area contributed by atoms with Crippen molar-refractivity contribution in [2.75, 3.05) is 19.6 Å². The van der Waals surface area contributed by atoms with Crippen molar-refractivity contribution < 1.29 is 90.7 Å².